The maximum atomic E-state index is 9.79. The number of nitriles is 1. The molecule has 2 heterocycles. The Morgan fingerprint density at radius 3 is 2.50 bits per heavy atom. The van der Waals surface area contributed by atoms with Crippen LogP contribution in [0.4, 0.5) is 0 Å². The molecule has 1 N–H and O–H groups in total. The molecular weight excluding hydrogens is 448 g/mol. The van der Waals surface area contributed by atoms with Crippen molar-refractivity contribution in [3.8, 4) is 34.6 Å². The van der Waals surface area contributed by atoms with Crippen LogP contribution in [0.2, 0.25) is 5.02 Å². The summed E-state index contributed by atoms with van der Waals surface area (Å²) in [6.07, 6.45) is 5.18. The van der Waals surface area contributed by atoms with Gasteiger partial charge in [-0.3, -0.25) is 0 Å². The van der Waals surface area contributed by atoms with Crippen LogP contribution in [0.15, 0.2) is 55.0 Å². The van der Waals surface area contributed by atoms with E-state index in [0.29, 0.717) is 51.6 Å². The van der Waals surface area contributed by atoms with Crippen LogP contribution in [-0.2, 0) is 0 Å². The Kier molecular flexibility index (Phi) is 6.79. The topological polar surface area (TPSA) is 80.1 Å². The Morgan fingerprint density at radius 1 is 1.09 bits per heavy atom. The molecule has 0 saturated carbocycles. The first-order valence-electron chi connectivity index (χ1n) is 11.3. The van der Waals surface area contributed by atoms with Crippen molar-refractivity contribution in [1.29, 1.82) is 5.26 Å². The summed E-state index contributed by atoms with van der Waals surface area (Å²) in [7, 11) is 0. The van der Waals surface area contributed by atoms with Crippen LogP contribution in [0.5, 0.6) is 17.2 Å². The van der Waals surface area contributed by atoms with Gasteiger partial charge in [0.15, 0.2) is 0 Å². The number of aromatic nitrogens is 2. The van der Waals surface area contributed by atoms with Crippen molar-refractivity contribution in [2.24, 2.45) is 5.92 Å². The van der Waals surface area contributed by atoms with Crippen LogP contribution < -0.4 is 14.8 Å². The van der Waals surface area contributed by atoms with Gasteiger partial charge in [-0.05, 0) is 70.7 Å². The number of hydrogen-bond donors (Lipinski definition) is 1. The third kappa shape index (κ3) is 5.67. The summed E-state index contributed by atoms with van der Waals surface area (Å²) in [5.41, 5.74) is 1.85. The lowest BCUT2D eigenvalue weighted by Crippen LogP contribution is -2.58. The van der Waals surface area contributed by atoms with E-state index in [1.807, 2.05) is 18.2 Å². The van der Waals surface area contributed by atoms with Crippen molar-refractivity contribution in [2.75, 3.05) is 6.61 Å². The van der Waals surface area contributed by atoms with Crippen molar-refractivity contribution in [3.63, 3.8) is 0 Å². The molecule has 1 aliphatic rings. The normalized spacial score (nSPS) is 17.1. The fraction of sp³-hybridized carbons (Fsp3) is 0.370. The standard InChI is InChI=1S/C27H29ClN4O2/c1-26(2)13-18(14-27(3,4)32-26)16-33-19-8-9-25(22(28)12-19)34-24-7-5-6-20(21(24)15-29)23-10-11-30-17-31-23/h5-12,17-18,32H,13-14,16H2,1-4H3. The Morgan fingerprint density at radius 2 is 1.85 bits per heavy atom. The van der Waals surface area contributed by atoms with E-state index in [9.17, 15) is 5.26 Å². The lowest BCUT2D eigenvalue weighted by molar-refractivity contribution is 0.0935. The predicted octanol–water partition coefficient (Wildman–Crippen LogP) is 6.40. The minimum Gasteiger partial charge on any atom is -0.493 e. The van der Waals surface area contributed by atoms with Gasteiger partial charge >= 0.3 is 0 Å². The second-order valence-corrected chi connectivity index (χ2v) is 10.5. The van der Waals surface area contributed by atoms with Crippen LogP contribution in [0, 0.1) is 17.2 Å². The maximum Gasteiger partial charge on any atom is 0.146 e. The van der Waals surface area contributed by atoms with E-state index < -0.39 is 0 Å². The first-order valence-corrected chi connectivity index (χ1v) is 11.7. The minimum atomic E-state index is 0.0733. The van der Waals surface area contributed by atoms with Gasteiger partial charge < -0.3 is 14.8 Å². The molecule has 0 aliphatic carbocycles. The SMILES string of the molecule is CC1(C)CC(COc2ccc(Oc3cccc(-c4ccncn4)c3C#N)c(Cl)c2)CC(C)(C)N1. The first kappa shape index (κ1) is 24.0. The second-order valence-electron chi connectivity index (χ2n) is 10.1. The van der Waals surface area contributed by atoms with Crippen molar-refractivity contribution < 1.29 is 9.47 Å². The largest absolute Gasteiger partial charge is 0.493 e. The fourth-order valence-corrected chi connectivity index (χ4v) is 5.24. The zero-order valence-corrected chi connectivity index (χ0v) is 20.7. The maximum absolute atomic E-state index is 9.79. The van der Waals surface area contributed by atoms with Crippen molar-refractivity contribution in [2.45, 2.75) is 51.6 Å². The molecule has 3 aromatic rings. The molecule has 7 heteroatoms. The highest BCUT2D eigenvalue weighted by atomic mass is 35.5. The highest BCUT2D eigenvalue weighted by Crippen LogP contribution is 2.37. The molecule has 34 heavy (non-hydrogen) atoms. The Balaban J connectivity index is 1.48. The van der Waals surface area contributed by atoms with Gasteiger partial charge in [-0.2, -0.15) is 5.26 Å². The molecule has 6 nitrogen and oxygen atoms in total. The molecule has 0 bridgehead atoms. The number of piperidine rings is 1. The van der Waals surface area contributed by atoms with Crippen LogP contribution in [0.1, 0.15) is 46.1 Å². The number of ether oxygens (including phenoxy) is 2. The molecule has 1 aromatic heterocycles. The third-order valence-electron chi connectivity index (χ3n) is 5.88. The summed E-state index contributed by atoms with van der Waals surface area (Å²) < 4.78 is 12.1. The molecule has 0 atom stereocenters. The van der Waals surface area contributed by atoms with Crippen LogP contribution in [-0.4, -0.2) is 27.7 Å². The van der Waals surface area contributed by atoms with E-state index in [0.717, 1.165) is 12.8 Å². The molecule has 0 radical (unpaired) electrons. The van der Waals surface area contributed by atoms with E-state index in [-0.39, 0.29) is 11.1 Å². The van der Waals surface area contributed by atoms with Gasteiger partial charge in [-0.15, -0.1) is 0 Å². The summed E-state index contributed by atoms with van der Waals surface area (Å²) in [5, 5.41) is 13.9. The number of rotatable bonds is 6. The van der Waals surface area contributed by atoms with Gasteiger partial charge in [0.25, 0.3) is 0 Å². The summed E-state index contributed by atoms with van der Waals surface area (Å²) in [4.78, 5) is 8.18. The highest BCUT2D eigenvalue weighted by molar-refractivity contribution is 6.32. The molecule has 1 fully saturated rings. The third-order valence-corrected chi connectivity index (χ3v) is 6.18. The Hall–Kier alpha value is -3.14. The van der Waals surface area contributed by atoms with E-state index >= 15 is 0 Å². The van der Waals surface area contributed by atoms with Gasteiger partial charge in [-0.25, -0.2) is 9.97 Å². The van der Waals surface area contributed by atoms with Gasteiger partial charge in [0.1, 0.15) is 35.2 Å². The number of nitrogens with zero attached hydrogens (tertiary/aromatic N) is 3. The summed E-state index contributed by atoms with van der Waals surface area (Å²) in [6.45, 7) is 9.57. The molecule has 4 rings (SSSR count). The Labute approximate surface area is 205 Å². The number of hydrogen-bond acceptors (Lipinski definition) is 6. The molecular formula is C27H29ClN4O2. The quantitative estimate of drug-likeness (QED) is 0.443. The van der Waals surface area contributed by atoms with Crippen LogP contribution in [0.25, 0.3) is 11.3 Å². The lowest BCUT2D eigenvalue weighted by Gasteiger charge is -2.46. The van der Waals surface area contributed by atoms with E-state index in [2.05, 4.69) is 49.0 Å². The van der Waals surface area contributed by atoms with Gasteiger partial charge in [0.2, 0.25) is 0 Å². The van der Waals surface area contributed by atoms with Gasteiger partial charge in [0, 0.05) is 28.9 Å². The zero-order chi connectivity index (χ0) is 24.3. The molecule has 1 saturated heterocycles. The minimum absolute atomic E-state index is 0.0733. The molecule has 1 aliphatic heterocycles. The summed E-state index contributed by atoms with van der Waals surface area (Å²) in [6, 6.07) is 14.7. The Bertz CT molecular complexity index is 1190. The smallest absolute Gasteiger partial charge is 0.146 e. The summed E-state index contributed by atoms with van der Waals surface area (Å²) >= 11 is 6.53. The zero-order valence-electron chi connectivity index (χ0n) is 19.9. The fourth-order valence-electron chi connectivity index (χ4n) is 5.03. The first-order chi connectivity index (χ1) is 16.2. The molecule has 0 amide bonds. The van der Waals surface area contributed by atoms with Gasteiger partial charge in [0.05, 0.1) is 17.3 Å². The highest BCUT2D eigenvalue weighted by Gasteiger charge is 2.37. The van der Waals surface area contributed by atoms with Crippen molar-refractivity contribution in [3.05, 3.63) is 65.6 Å². The lowest BCUT2D eigenvalue weighted by atomic mass is 9.76. The van der Waals surface area contributed by atoms with E-state index in [1.165, 1.54) is 6.33 Å². The molecule has 0 unspecified atom stereocenters. The van der Waals surface area contributed by atoms with E-state index in [4.69, 9.17) is 21.1 Å². The summed E-state index contributed by atoms with van der Waals surface area (Å²) in [5.74, 6) is 2.01. The average Bonchev–Trinajstić information content (AvgIpc) is 2.77. The van der Waals surface area contributed by atoms with E-state index in [1.54, 1.807) is 30.5 Å². The monoisotopic (exact) mass is 476 g/mol. The van der Waals surface area contributed by atoms with Crippen LogP contribution in [0.3, 0.4) is 0 Å². The average molecular weight is 477 g/mol. The molecule has 0 spiro atoms. The molecule has 176 valence electrons. The van der Waals surface area contributed by atoms with Gasteiger partial charge in [-0.1, -0.05) is 23.7 Å². The number of nitrogens with one attached hydrogen (secondary N) is 1. The van der Waals surface area contributed by atoms with Crippen molar-refractivity contribution in [1.82, 2.24) is 15.3 Å². The molecule has 2 aromatic carbocycles. The predicted molar refractivity (Wildman–Crippen MR) is 133 cm³/mol. The van der Waals surface area contributed by atoms with Crippen molar-refractivity contribution >= 4 is 11.6 Å². The number of benzene rings is 2. The second kappa shape index (κ2) is 9.61. The number of halogens is 1. The van der Waals surface area contributed by atoms with Crippen LogP contribution >= 0.6 is 11.6 Å².